The van der Waals surface area contributed by atoms with E-state index >= 15 is 0 Å². The molecule has 130 valence electrons. The van der Waals surface area contributed by atoms with Crippen LogP contribution in [0.1, 0.15) is 18.9 Å². The maximum absolute atomic E-state index is 6.14. The van der Waals surface area contributed by atoms with Crippen molar-refractivity contribution in [3.05, 3.63) is 54.9 Å². The third kappa shape index (κ3) is 4.47. The number of benzene rings is 1. The number of hydrogen-bond donors (Lipinski definition) is 2. The van der Waals surface area contributed by atoms with E-state index in [2.05, 4.69) is 27.2 Å². The number of aryl methyl sites for hydroxylation is 2. The average molecular weight is 338 g/mol. The van der Waals surface area contributed by atoms with Gasteiger partial charge in [0.05, 0.1) is 6.33 Å². The summed E-state index contributed by atoms with van der Waals surface area (Å²) in [5, 5.41) is 3.23. The highest BCUT2D eigenvalue weighted by atomic mass is 16.5. The summed E-state index contributed by atoms with van der Waals surface area (Å²) in [6.45, 7) is 3.73. The summed E-state index contributed by atoms with van der Waals surface area (Å²) in [6.07, 6.45) is 8.87. The van der Waals surface area contributed by atoms with Crippen LogP contribution in [0.5, 0.6) is 11.6 Å². The van der Waals surface area contributed by atoms with E-state index in [4.69, 9.17) is 10.5 Å². The first kappa shape index (κ1) is 16.8. The molecule has 0 aliphatic rings. The molecule has 0 saturated carbocycles. The minimum absolute atomic E-state index is 0.358. The Bertz CT molecular complexity index is 786. The number of aromatic nitrogens is 4. The molecule has 0 amide bonds. The van der Waals surface area contributed by atoms with Crippen LogP contribution in [0.2, 0.25) is 0 Å². The summed E-state index contributed by atoms with van der Waals surface area (Å²) in [5.74, 6) is 1.64. The molecule has 2 heterocycles. The number of ether oxygens (including phenoxy) is 1. The standard InChI is InChI=1S/C18H22N6O/c1-2-14-4-6-15(7-5-14)25-18-16(19)17(22-12-23-18)21-8-3-10-24-11-9-20-13-24/h4-7,9,11-13H,2-3,8,10,19H2,1H3,(H,21,22,23). The number of hydrogen-bond acceptors (Lipinski definition) is 6. The fourth-order valence-electron chi connectivity index (χ4n) is 2.39. The van der Waals surface area contributed by atoms with Crippen LogP contribution in [0.25, 0.3) is 0 Å². The lowest BCUT2D eigenvalue weighted by molar-refractivity contribution is 0.464. The maximum Gasteiger partial charge on any atom is 0.248 e. The van der Waals surface area contributed by atoms with Crippen molar-refractivity contribution in [3.8, 4) is 11.6 Å². The first-order valence-electron chi connectivity index (χ1n) is 8.33. The Hall–Kier alpha value is -3.09. The fraction of sp³-hybridized carbons (Fsp3) is 0.278. The number of anilines is 2. The van der Waals surface area contributed by atoms with Crippen molar-refractivity contribution in [1.82, 2.24) is 19.5 Å². The molecule has 3 aromatic rings. The minimum Gasteiger partial charge on any atom is -0.437 e. The van der Waals surface area contributed by atoms with Gasteiger partial charge in [-0.3, -0.25) is 0 Å². The fourth-order valence-corrected chi connectivity index (χ4v) is 2.39. The molecule has 25 heavy (non-hydrogen) atoms. The van der Waals surface area contributed by atoms with Gasteiger partial charge < -0.3 is 20.4 Å². The van der Waals surface area contributed by atoms with Crippen LogP contribution in [0.4, 0.5) is 11.5 Å². The molecule has 0 saturated heterocycles. The number of imidazole rings is 1. The molecule has 0 unspecified atom stereocenters. The lowest BCUT2D eigenvalue weighted by atomic mass is 10.2. The highest BCUT2D eigenvalue weighted by Crippen LogP contribution is 2.29. The van der Waals surface area contributed by atoms with Gasteiger partial charge in [-0.25, -0.2) is 9.97 Å². The summed E-state index contributed by atoms with van der Waals surface area (Å²) < 4.78 is 7.81. The summed E-state index contributed by atoms with van der Waals surface area (Å²) >= 11 is 0. The predicted molar refractivity (Wildman–Crippen MR) is 97.7 cm³/mol. The SMILES string of the molecule is CCc1ccc(Oc2ncnc(NCCCn3ccnc3)c2N)cc1. The Morgan fingerprint density at radius 1 is 1.20 bits per heavy atom. The van der Waals surface area contributed by atoms with Crippen molar-refractivity contribution in [3.63, 3.8) is 0 Å². The molecule has 0 atom stereocenters. The molecule has 0 spiro atoms. The topological polar surface area (TPSA) is 90.9 Å². The van der Waals surface area contributed by atoms with Crippen LogP contribution in [-0.2, 0) is 13.0 Å². The van der Waals surface area contributed by atoms with Crippen LogP contribution >= 0.6 is 0 Å². The summed E-state index contributed by atoms with van der Waals surface area (Å²) in [5.41, 5.74) is 7.80. The monoisotopic (exact) mass is 338 g/mol. The Kier molecular flexibility index (Phi) is 5.46. The maximum atomic E-state index is 6.14. The second kappa shape index (κ2) is 8.14. The van der Waals surface area contributed by atoms with Crippen molar-refractivity contribution >= 4 is 11.5 Å². The van der Waals surface area contributed by atoms with E-state index in [1.807, 2.05) is 35.0 Å². The van der Waals surface area contributed by atoms with E-state index in [0.717, 1.165) is 25.9 Å². The minimum atomic E-state index is 0.358. The molecule has 1 aromatic carbocycles. The van der Waals surface area contributed by atoms with Gasteiger partial charge in [-0.05, 0) is 30.5 Å². The van der Waals surface area contributed by atoms with E-state index < -0.39 is 0 Å². The molecule has 2 aromatic heterocycles. The second-order valence-corrected chi connectivity index (χ2v) is 5.62. The van der Waals surface area contributed by atoms with Gasteiger partial charge >= 0.3 is 0 Å². The first-order valence-corrected chi connectivity index (χ1v) is 8.33. The molecule has 0 aliphatic heterocycles. The highest BCUT2D eigenvalue weighted by molar-refractivity contribution is 5.66. The molecule has 7 nitrogen and oxygen atoms in total. The van der Waals surface area contributed by atoms with Gasteiger partial charge in [-0.15, -0.1) is 0 Å². The van der Waals surface area contributed by atoms with Gasteiger partial charge in [-0.2, -0.15) is 4.98 Å². The average Bonchev–Trinajstić information content (AvgIpc) is 3.16. The van der Waals surface area contributed by atoms with Crippen molar-refractivity contribution in [2.75, 3.05) is 17.6 Å². The molecule has 0 aliphatic carbocycles. The zero-order chi connectivity index (χ0) is 17.5. The van der Waals surface area contributed by atoms with Crippen LogP contribution in [0.15, 0.2) is 49.3 Å². The summed E-state index contributed by atoms with van der Waals surface area (Å²) in [6, 6.07) is 7.89. The van der Waals surface area contributed by atoms with Crippen LogP contribution < -0.4 is 15.8 Å². The Morgan fingerprint density at radius 3 is 2.76 bits per heavy atom. The molecule has 3 N–H and O–H groups in total. The zero-order valence-corrected chi connectivity index (χ0v) is 14.2. The number of nitrogens with two attached hydrogens (primary N) is 1. The van der Waals surface area contributed by atoms with Gasteiger partial charge in [0, 0.05) is 25.5 Å². The van der Waals surface area contributed by atoms with Crippen molar-refractivity contribution in [2.45, 2.75) is 26.3 Å². The van der Waals surface area contributed by atoms with Gasteiger partial charge in [0.2, 0.25) is 5.88 Å². The number of nitrogens with zero attached hydrogens (tertiary/aromatic N) is 4. The lowest BCUT2D eigenvalue weighted by Crippen LogP contribution is -2.10. The van der Waals surface area contributed by atoms with Crippen molar-refractivity contribution in [1.29, 1.82) is 0 Å². The predicted octanol–water partition coefficient (Wildman–Crippen LogP) is 3.11. The molecular formula is C18H22N6O. The van der Waals surface area contributed by atoms with E-state index in [1.54, 1.807) is 12.5 Å². The van der Waals surface area contributed by atoms with E-state index in [9.17, 15) is 0 Å². The van der Waals surface area contributed by atoms with Crippen molar-refractivity contribution in [2.24, 2.45) is 0 Å². The molecule has 7 heteroatoms. The number of nitrogens with one attached hydrogen (secondary N) is 1. The molecule has 0 bridgehead atoms. The Labute approximate surface area is 146 Å². The number of rotatable bonds is 8. The van der Waals surface area contributed by atoms with Crippen LogP contribution in [0, 0.1) is 0 Å². The smallest absolute Gasteiger partial charge is 0.248 e. The van der Waals surface area contributed by atoms with Gasteiger partial charge in [0.25, 0.3) is 0 Å². The van der Waals surface area contributed by atoms with Crippen LogP contribution in [-0.4, -0.2) is 26.1 Å². The largest absolute Gasteiger partial charge is 0.437 e. The van der Waals surface area contributed by atoms with Crippen molar-refractivity contribution < 1.29 is 4.74 Å². The molecular weight excluding hydrogens is 316 g/mol. The number of nitrogen functional groups attached to an aromatic ring is 1. The molecule has 3 rings (SSSR count). The zero-order valence-electron chi connectivity index (χ0n) is 14.2. The normalized spacial score (nSPS) is 10.6. The van der Waals surface area contributed by atoms with Crippen LogP contribution in [0.3, 0.4) is 0 Å². The quantitative estimate of drug-likeness (QED) is 0.613. The molecule has 0 fully saturated rings. The Morgan fingerprint density at radius 2 is 2.04 bits per heavy atom. The Balaban J connectivity index is 1.58. The van der Waals surface area contributed by atoms with E-state index in [-0.39, 0.29) is 0 Å². The van der Waals surface area contributed by atoms with Gasteiger partial charge in [-0.1, -0.05) is 19.1 Å². The second-order valence-electron chi connectivity index (χ2n) is 5.62. The first-order chi connectivity index (χ1) is 12.3. The third-order valence-corrected chi connectivity index (χ3v) is 3.84. The molecule has 0 radical (unpaired) electrons. The van der Waals surface area contributed by atoms with Gasteiger partial charge in [0.15, 0.2) is 5.82 Å². The lowest BCUT2D eigenvalue weighted by Gasteiger charge is -2.12. The third-order valence-electron chi connectivity index (χ3n) is 3.84. The van der Waals surface area contributed by atoms with Gasteiger partial charge in [0.1, 0.15) is 17.8 Å². The highest BCUT2D eigenvalue weighted by Gasteiger charge is 2.10. The summed E-state index contributed by atoms with van der Waals surface area (Å²) in [4.78, 5) is 12.4. The van der Waals surface area contributed by atoms with E-state index in [0.29, 0.717) is 23.1 Å². The van der Waals surface area contributed by atoms with E-state index in [1.165, 1.54) is 11.9 Å². The summed E-state index contributed by atoms with van der Waals surface area (Å²) in [7, 11) is 0.